The van der Waals surface area contributed by atoms with E-state index in [4.69, 9.17) is 13.9 Å². The predicted molar refractivity (Wildman–Crippen MR) is 125 cm³/mol. The van der Waals surface area contributed by atoms with E-state index in [1.54, 1.807) is 18.6 Å². The quantitative estimate of drug-likeness (QED) is 0.576. The van der Waals surface area contributed by atoms with Crippen LogP contribution in [0.1, 0.15) is 72.3 Å². The Bertz CT molecular complexity index is 1050. The van der Waals surface area contributed by atoms with Gasteiger partial charge in [-0.05, 0) is 48.7 Å². The summed E-state index contributed by atoms with van der Waals surface area (Å²) in [5, 5.41) is 0. The van der Waals surface area contributed by atoms with Gasteiger partial charge in [0, 0.05) is 28.7 Å². The zero-order valence-corrected chi connectivity index (χ0v) is 21.1. The van der Waals surface area contributed by atoms with Crippen molar-refractivity contribution in [3.63, 3.8) is 0 Å². The average molecular weight is 469 g/mol. The van der Waals surface area contributed by atoms with Crippen LogP contribution in [0.2, 0.25) is 0 Å². The molecule has 6 heteroatoms. The highest BCUT2D eigenvalue weighted by Gasteiger charge is 2.71. The maximum absolute atomic E-state index is 13.2. The van der Waals surface area contributed by atoms with E-state index in [0.29, 0.717) is 6.42 Å². The Kier molecular flexibility index (Phi) is 5.12. The Morgan fingerprint density at radius 3 is 2.50 bits per heavy atom. The van der Waals surface area contributed by atoms with Gasteiger partial charge in [-0.15, -0.1) is 0 Å². The van der Waals surface area contributed by atoms with Gasteiger partial charge in [0.25, 0.3) is 0 Å². The second-order valence-corrected chi connectivity index (χ2v) is 12.3. The lowest BCUT2D eigenvalue weighted by molar-refractivity contribution is -0.266. The van der Waals surface area contributed by atoms with Crippen molar-refractivity contribution in [1.82, 2.24) is 0 Å². The average Bonchev–Trinajstić information content (AvgIpc) is 3.26. The highest BCUT2D eigenvalue weighted by molar-refractivity contribution is 5.95. The normalized spacial score (nSPS) is 45.2. The number of carbonyl (C=O) groups excluding carboxylic acids is 3. The number of allylic oxidation sites excluding steroid dienone is 2. The number of rotatable bonds is 2. The SMILES string of the molecule is CC(=O)OC1CC2C(C)(C)C(=O)C=C[C@]2(C)C2CC[C@]3(C)C(OCC(=O)[C@H]3c3ccoc3)[C@]12C. The number of ether oxygens (including phenoxy) is 2. The molecular weight excluding hydrogens is 432 g/mol. The maximum atomic E-state index is 13.2. The lowest BCUT2D eigenvalue weighted by Crippen LogP contribution is -2.71. The molecule has 0 amide bonds. The molecule has 5 rings (SSSR count). The van der Waals surface area contributed by atoms with Gasteiger partial charge in [-0.1, -0.05) is 40.7 Å². The minimum atomic E-state index is -0.549. The molecule has 1 saturated heterocycles. The van der Waals surface area contributed by atoms with E-state index in [1.807, 2.05) is 19.9 Å². The summed E-state index contributed by atoms with van der Waals surface area (Å²) in [6.07, 6.45) is 8.71. The van der Waals surface area contributed by atoms with Crippen LogP contribution in [0.25, 0.3) is 0 Å². The summed E-state index contributed by atoms with van der Waals surface area (Å²) in [7, 11) is 0. The van der Waals surface area contributed by atoms with E-state index in [1.165, 1.54) is 6.92 Å². The van der Waals surface area contributed by atoms with Crippen LogP contribution in [0, 0.1) is 33.5 Å². The summed E-state index contributed by atoms with van der Waals surface area (Å²) >= 11 is 0. The molecule has 3 fully saturated rings. The van der Waals surface area contributed by atoms with E-state index in [2.05, 4.69) is 26.8 Å². The number of furan rings is 1. The van der Waals surface area contributed by atoms with E-state index in [-0.39, 0.29) is 53.4 Å². The fourth-order valence-corrected chi connectivity index (χ4v) is 8.74. The Labute approximate surface area is 201 Å². The Morgan fingerprint density at radius 2 is 1.85 bits per heavy atom. The second-order valence-electron chi connectivity index (χ2n) is 12.3. The van der Waals surface area contributed by atoms with Crippen LogP contribution in [0.4, 0.5) is 0 Å². The van der Waals surface area contributed by atoms with Crippen molar-refractivity contribution in [3.05, 3.63) is 36.3 Å². The summed E-state index contributed by atoms with van der Waals surface area (Å²) in [4.78, 5) is 38.4. The zero-order chi connectivity index (χ0) is 24.7. The Hall–Kier alpha value is -2.21. The lowest BCUT2D eigenvalue weighted by Gasteiger charge is -2.69. The maximum Gasteiger partial charge on any atom is 0.302 e. The van der Waals surface area contributed by atoms with Gasteiger partial charge in [0.2, 0.25) is 0 Å². The molecule has 1 aromatic heterocycles. The zero-order valence-electron chi connectivity index (χ0n) is 21.1. The van der Waals surface area contributed by atoms with Crippen LogP contribution in [0.5, 0.6) is 0 Å². The monoisotopic (exact) mass is 468 g/mol. The number of hydrogen-bond acceptors (Lipinski definition) is 6. The molecule has 1 aromatic rings. The van der Waals surface area contributed by atoms with Crippen LogP contribution in [-0.2, 0) is 23.9 Å². The van der Waals surface area contributed by atoms with Crippen molar-refractivity contribution in [2.75, 3.05) is 6.61 Å². The number of fused-ring (bicyclic) bond motifs is 5. The molecule has 0 bridgehead atoms. The van der Waals surface area contributed by atoms with E-state index in [0.717, 1.165) is 18.4 Å². The fraction of sp³-hybridized carbons (Fsp3) is 0.679. The Balaban J connectivity index is 1.66. The molecule has 2 saturated carbocycles. The third-order valence-electron chi connectivity index (χ3n) is 10.2. The second kappa shape index (κ2) is 7.39. The van der Waals surface area contributed by atoms with Crippen LogP contribution >= 0.6 is 0 Å². The third-order valence-corrected chi connectivity index (χ3v) is 10.2. The number of ketones is 2. The highest BCUT2D eigenvalue weighted by Crippen LogP contribution is 2.70. The van der Waals surface area contributed by atoms with Crippen LogP contribution in [-0.4, -0.2) is 36.4 Å². The van der Waals surface area contributed by atoms with Crippen molar-refractivity contribution in [1.29, 1.82) is 0 Å². The minimum Gasteiger partial charge on any atom is -0.472 e. The van der Waals surface area contributed by atoms with E-state index < -0.39 is 22.3 Å². The molecule has 0 spiro atoms. The summed E-state index contributed by atoms with van der Waals surface area (Å²) in [5.74, 6) is -0.293. The molecular formula is C28H36O6. The van der Waals surface area contributed by atoms with Crippen LogP contribution in [0.3, 0.4) is 0 Å². The first-order chi connectivity index (χ1) is 15.9. The fourth-order valence-electron chi connectivity index (χ4n) is 8.74. The smallest absolute Gasteiger partial charge is 0.302 e. The predicted octanol–water partition coefficient (Wildman–Crippen LogP) is 4.88. The van der Waals surface area contributed by atoms with Crippen molar-refractivity contribution in [2.24, 2.45) is 33.5 Å². The molecule has 1 aliphatic heterocycles. The van der Waals surface area contributed by atoms with Gasteiger partial charge in [0.05, 0.1) is 24.5 Å². The summed E-state index contributed by atoms with van der Waals surface area (Å²) in [6, 6.07) is 1.88. The molecule has 2 heterocycles. The number of esters is 1. The molecule has 0 radical (unpaired) electrons. The van der Waals surface area contributed by atoms with Gasteiger partial charge in [0.1, 0.15) is 12.7 Å². The molecule has 8 atom stereocenters. The molecule has 4 aliphatic rings. The number of hydrogen-bond donors (Lipinski definition) is 0. The van der Waals surface area contributed by atoms with Crippen LogP contribution < -0.4 is 0 Å². The molecule has 34 heavy (non-hydrogen) atoms. The first-order valence-electron chi connectivity index (χ1n) is 12.4. The molecule has 6 nitrogen and oxygen atoms in total. The van der Waals surface area contributed by atoms with Gasteiger partial charge in [-0.2, -0.15) is 0 Å². The van der Waals surface area contributed by atoms with Crippen molar-refractivity contribution in [3.8, 4) is 0 Å². The van der Waals surface area contributed by atoms with Gasteiger partial charge >= 0.3 is 5.97 Å². The standard InChI is InChI=1S/C28H36O6/c1-16(29)34-22-13-20-25(2,3)21(31)8-11-26(20,4)19-7-10-27(5)23(17-9-12-32-14-17)18(30)15-33-24(27)28(19,22)6/h8-9,11-12,14,19-20,22-24H,7,10,13,15H2,1-6H3/t19?,20?,22?,23-,24?,26-,27+,28+/m1/s1. The number of Topliss-reactive ketones (excluding diaryl/α,β-unsaturated/α-hetero) is 1. The number of carbonyl (C=O) groups is 3. The van der Waals surface area contributed by atoms with Crippen molar-refractivity contribution >= 4 is 17.5 Å². The molecule has 0 aromatic carbocycles. The summed E-state index contributed by atoms with van der Waals surface area (Å²) < 4.78 is 17.9. The Morgan fingerprint density at radius 1 is 1.12 bits per heavy atom. The van der Waals surface area contributed by atoms with Gasteiger partial charge in [-0.3, -0.25) is 14.4 Å². The molecule has 4 unspecified atom stereocenters. The van der Waals surface area contributed by atoms with E-state index in [9.17, 15) is 14.4 Å². The lowest BCUT2D eigenvalue weighted by atomic mass is 9.38. The molecule has 0 N–H and O–H groups in total. The van der Waals surface area contributed by atoms with Gasteiger partial charge < -0.3 is 13.9 Å². The molecule has 184 valence electrons. The first-order valence-corrected chi connectivity index (χ1v) is 12.4. The van der Waals surface area contributed by atoms with Gasteiger partial charge in [0.15, 0.2) is 11.6 Å². The van der Waals surface area contributed by atoms with Crippen LogP contribution in [0.15, 0.2) is 35.2 Å². The molecule has 3 aliphatic carbocycles. The first kappa shape index (κ1) is 23.5. The van der Waals surface area contributed by atoms with Gasteiger partial charge in [-0.25, -0.2) is 0 Å². The summed E-state index contributed by atoms with van der Waals surface area (Å²) in [6.45, 7) is 12.1. The van der Waals surface area contributed by atoms with E-state index >= 15 is 0 Å². The summed E-state index contributed by atoms with van der Waals surface area (Å²) in [5.41, 5.74) is -0.897. The topological polar surface area (TPSA) is 82.8 Å². The van der Waals surface area contributed by atoms with Crippen molar-refractivity contribution < 1.29 is 28.3 Å². The largest absolute Gasteiger partial charge is 0.472 e. The highest BCUT2D eigenvalue weighted by atomic mass is 16.5. The minimum absolute atomic E-state index is 0.0329. The van der Waals surface area contributed by atoms with Crippen molar-refractivity contribution in [2.45, 2.75) is 78.9 Å². The third kappa shape index (κ3) is 2.93.